The summed E-state index contributed by atoms with van der Waals surface area (Å²) in [6, 6.07) is 0. The Morgan fingerprint density at radius 3 is 1.88 bits per heavy atom. The number of fused-ring (bicyclic) bond motifs is 19. The predicted molar refractivity (Wildman–Crippen MR) is 150 cm³/mol. The molecule has 0 aromatic carbocycles. The van der Waals surface area contributed by atoms with Gasteiger partial charge in [-0.3, -0.25) is 4.79 Å². The second-order valence-electron chi connectivity index (χ2n) is 11.7. The van der Waals surface area contributed by atoms with Crippen LogP contribution in [0.15, 0.2) is 12.2 Å². The van der Waals surface area contributed by atoms with Crippen molar-refractivity contribution >= 4 is 5.97 Å². The minimum Gasteiger partial charge on any atom is -0.457 e. The van der Waals surface area contributed by atoms with E-state index in [2.05, 4.69) is 12.2 Å². The maximum absolute atomic E-state index is 12.5. The second kappa shape index (κ2) is 18.6. The fourth-order valence-electron chi connectivity index (χ4n) is 5.63. The Morgan fingerprint density at radius 2 is 1.21 bits per heavy atom. The number of ether oxygens (including phenoxy) is 5. The SMILES string of the molecule is CC1CCCCCC/C=C/CCCCCCCC(=O)O[C@@H]2C(CO)O[C@@H](OC3[C@H](O1)OC(CO)[C@@H](O)[C@@H]3O)C(O)[C@H]2O. The number of aliphatic hydroxyl groups is 6. The molecule has 5 unspecified atom stereocenters. The van der Waals surface area contributed by atoms with Crippen LogP contribution in [0, 0.1) is 0 Å². The maximum atomic E-state index is 12.5. The largest absolute Gasteiger partial charge is 0.457 e. The number of esters is 1. The summed E-state index contributed by atoms with van der Waals surface area (Å²) in [5.41, 5.74) is 0. The van der Waals surface area contributed by atoms with Gasteiger partial charge < -0.3 is 54.3 Å². The molecule has 0 saturated carbocycles. The zero-order valence-corrected chi connectivity index (χ0v) is 24.7. The van der Waals surface area contributed by atoms with Gasteiger partial charge in [0.2, 0.25) is 0 Å². The molecule has 2 saturated heterocycles. The molecular formula is C30H52O12. The maximum Gasteiger partial charge on any atom is 0.306 e. The van der Waals surface area contributed by atoms with Crippen molar-refractivity contribution < 1.29 is 59.1 Å². The Kier molecular flexibility index (Phi) is 15.6. The first kappa shape index (κ1) is 35.3. The normalized spacial score (nSPS) is 41.9. The summed E-state index contributed by atoms with van der Waals surface area (Å²) in [5.74, 6) is -0.575. The molecule has 4 heterocycles. The van der Waals surface area contributed by atoms with Gasteiger partial charge in [-0.1, -0.05) is 50.7 Å². The van der Waals surface area contributed by atoms with Crippen LogP contribution in [-0.4, -0.2) is 117 Å². The van der Waals surface area contributed by atoms with E-state index in [1.807, 2.05) is 6.92 Å². The molecule has 6 N–H and O–H groups in total. The number of carbonyl (C=O) groups is 1. The lowest BCUT2D eigenvalue weighted by Gasteiger charge is -2.46. The molecule has 12 nitrogen and oxygen atoms in total. The second-order valence-corrected chi connectivity index (χ2v) is 11.7. The molecule has 4 aliphatic heterocycles. The van der Waals surface area contributed by atoms with Gasteiger partial charge in [0.1, 0.15) is 42.7 Å². The highest BCUT2D eigenvalue weighted by Crippen LogP contribution is 2.31. The summed E-state index contributed by atoms with van der Waals surface area (Å²) in [6.45, 7) is 0.625. The van der Waals surface area contributed by atoms with Crippen LogP contribution >= 0.6 is 0 Å². The van der Waals surface area contributed by atoms with Crippen molar-refractivity contribution in [3.05, 3.63) is 12.2 Å². The van der Waals surface area contributed by atoms with Gasteiger partial charge in [-0.05, 0) is 45.4 Å². The third-order valence-corrected chi connectivity index (χ3v) is 8.22. The molecule has 0 aromatic rings. The Bertz CT molecular complexity index is 794. The van der Waals surface area contributed by atoms with Crippen LogP contribution in [0.4, 0.5) is 0 Å². The van der Waals surface area contributed by atoms with E-state index in [0.717, 1.165) is 64.2 Å². The Morgan fingerprint density at radius 1 is 0.643 bits per heavy atom. The van der Waals surface area contributed by atoms with E-state index in [1.165, 1.54) is 0 Å². The van der Waals surface area contributed by atoms with Crippen LogP contribution < -0.4 is 0 Å². The van der Waals surface area contributed by atoms with Gasteiger partial charge in [-0.15, -0.1) is 0 Å². The molecular weight excluding hydrogens is 552 g/mol. The third kappa shape index (κ3) is 10.5. The summed E-state index contributed by atoms with van der Waals surface area (Å²) in [4.78, 5) is 12.5. The van der Waals surface area contributed by atoms with Crippen molar-refractivity contribution in [2.75, 3.05) is 13.2 Å². The van der Waals surface area contributed by atoms with Crippen LogP contribution in [0.2, 0.25) is 0 Å². The summed E-state index contributed by atoms with van der Waals surface area (Å²) in [5, 5.41) is 62.6. The van der Waals surface area contributed by atoms with Crippen molar-refractivity contribution in [3.8, 4) is 0 Å². The first-order chi connectivity index (χ1) is 20.3. The lowest BCUT2D eigenvalue weighted by Crippen LogP contribution is -2.65. The van der Waals surface area contributed by atoms with Gasteiger partial charge in [-0.2, -0.15) is 0 Å². The summed E-state index contributed by atoms with van der Waals surface area (Å²) >= 11 is 0. The topological polar surface area (TPSA) is 185 Å². The zero-order valence-electron chi connectivity index (χ0n) is 24.7. The van der Waals surface area contributed by atoms with Crippen LogP contribution in [-0.2, 0) is 28.5 Å². The first-order valence-corrected chi connectivity index (χ1v) is 15.7. The Hall–Kier alpha value is -1.19. The van der Waals surface area contributed by atoms with Crippen LogP contribution in [0.3, 0.4) is 0 Å². The van der Waals surface area contributed by atoms with E-state index in [0.29, 0.717) is 12.8 Å². The first-order valence-electron chi connectivity index (χ1n) is 15.7. The number of carbonyl (C=O) groups excluding carboxylic acids is 1. The lowest BCUT2D eigenvalue weighted by atomic mass is 9.97. The van der Waals surface area contributed by atoms with Crippen molar-refractivity contribution in [1.82, 2.24) is 0 Å². The molecule has 11 atom stereocenters. The van der Waals surface area contributed by atoms with Gasteiger partial charge >= 0.3 is 5.97 Å². The molecule has 2 fully saturated rings. The number of aliphatic hydroxyl groups excluding tert-OH is 6. The van der Waals surface area contributed by atoms with E-state index in [-0.39, 0.29) is 12.5 Å². The average molecular weight is 605 g/mol. The molecule has 0 amide bonds. The van der Waals surface area contributed by atoms with Crippen molar-refractivity contribution in [2.24, 2.45) is 0 Å². The van der Waals surface area contributed by atoms with E-state index in [4.69, 9.17) is 23.7 Å². The molecule has 0 aliphatic carbocycles. The van der Waals surface area contributed by atoms with Gasteiger partial charge in [-0.25, -0.2) is 0 Å². The van der Waals surface area contributed by atoms with E-state index in [9.17, 15) is 35.4 Å². The number of allylic oxidation sites excluding steroid dienone is 2. The quantitative estimate of drug-likeness (QED) is 0.196. The molecule has 4 rings (SSSR count). The highest BCUT2D eigenvalue weighted by molar-refractivity contribution is 5.69. The average Bonchev–Trinajstić information content (AvgIpc) is 2.97. The standard InChI is InChI=1S/C30H52O12/c1-19-15-13-11-9-7-5-3-2-4-6-8-10-12-14-16-22(33)41-27-21(18-32)40-29(26(37)25(27)36)42-28-24(35)23(34)20(17-31)39-30(28)38-19/h2-3,19-21,23-32,34-37H,4-18H2,1H3/b3-2+/t19?,20?,21?,23-,24+,25-,26?,27-,28?,29+,30-/m1/s1. The minimum absolute atomic E-state index is 0.129. The summed E-state index contributed by atoms with van der Waals surface area (Å²) < 4.78 is 28.7. The number of rotatable bonds is 2. The third-order valence-electron chi connectivity index (χ3n) is 8.22. The van der Waals surface area contributed by atoms with Crippen molar-refractivity contribution in [1.29, 1.82) is 0 Å². The van der Waals surface area contributed by atoms with E-state index >= 15 is 0 Å². The Balaban J connectivity index is 1.72. The zero-order chi connectivity index (χ0) is 30.5. The number of hydrogen-bond acceptors (Lipinski definition) is 12. The molecule has 2 bridgehead atoms. The van der Waals surface area contributed by atoms with Crippen LogP contribution in [0.25, 0.3) is 0 Å². The summed E-state index contributed by atoms with van der Waals surface area (Å²) in [6.07, 6.45) is 1.47. The lowest BCUT2D eigenvalue weighted by molar-refractivity contribution is -0.371. The number of hydrogen-bond donors (Lipinski definition) is 6. The molecule has 12 heteroatoms. The molecule has 0 spiro atoms. The molecule has 0 radical (unpaired) electrons. The van der Waals surface area contributed by atoms with E-state index < -0.39 is 80.6 Å². The predicted octanol–water partition coefficient (Wildman–Crippen LogP) is 1.21. The van der Waals surface area contributed by atoms with Crippen molar-refractivity contribution in [2.45, 2.75) is 158 Å². The van der Waals surface area contributed by atoms with E-state index in [1.54, 1.807) is 0 Å². The highest BCUT2D eigenvalue weighted by atomic mass is 16.8. The van der Waals surface area contributed by atoms with Gasteiger partial charge in [0.25, 0.3) is 0 Å². The molecule has 0 aromatic heterocycles. The molecule has 42 heavy (non-hydrogen) atoms. The summed E-state index contributed by atoms with van der Waals surface area (Å²) in [7, 11) is 0. The molecule has 4 aliphatic rings. The Labute approximate surface area is 248 Å². The van der Waals surface area contributed by atoms with Crippen molar-refractivity contribution in [3.63, 3.8) is 0 Å². The smallest absolute Gasteiger partial charge is 0.306 e. The van der Waals surface area contributed by atoms with Gasteiger partial charge in [0.15, 0.2) is 18.7 Å². The molecule has 244 valence electrons. The fourth-order valence-corrected chi connectivity index (χ4v) is 5.63. The highest BCUT2D eigenvalue weighted by Gasteiger charge is 2.52. The fraction of sp³-hybridized carbons (Fsp3) is 0.900. The van der Waals surface area contributed by atoms with Gasteiger partial charge in [0.05, 0.1) is 19.3 Å². The van der Waals surface area contributed by atoms with Crippen LogP contribution in [0.5, 0.6) is 0 Å². The minimum atomic E-state index is -1.73. The monoisotopic (exact) mass is 604 g/mol. The van der Waals surface area contributed by atoms with Gasteiger partial charge in [0, 0.05) is 6.42 Å². The van der Waals surface area contributed by atoms with Crippen LogP contribution in [0.1, 0.15) is 90.4 Å².